The van der Waals surface area contributed by atoms with Crippen LogP contribution < -0.4 is 10.1 Å². The van der Waals surface area contributed by atoms with E-state index >= 15 is 0 Å². The molecule has 0 spiro atoms. The molecule has 0 saturated carbocycles. The number of ether oxygens (including phenoxy) is 1. The van der Waals surface area contributed by atoms with Gasteiger partial charge in [-0.05, 0) is 48.4 Å². The van der Waals surface area contributed by atoms with Gasteiger partial charge in [0.15, 0.2) is 6.61 Å². The van der Waals surface area contributed by atoms with Gasteiger partial charge in [0, 0.05) is 11.3 Å². The molecule has 0 unspecified atom stereocenters. The molecule has 0 bridgehead atoms. The van der Waals surface area contributed by atoms with Crippen LogP contribution in [0.2, 0.25) is 0 Å². The van der Waals surface area contributed by atoms with E-state index in [2.05, 4.69) is 22.4 Å². The van der Waals surface area contributed by atoms with Crippen LogP contribution in [-0.4, -0.2) is 22.7 Å². The number of benzene rings is 3. The molecule has 1 N–H and O–H groups in total. The summed E-state index contributed by atoms with van der Waals surface area (Å²) in [7, 11) is 0. The van der Waals surface area contributed by atoms with Gasteiger partial charge in [0.2, 0.25) is 5.89 Å². The van der Waals surface area contributed by atoms with Crippen molar-refractivity contribution in [3.63, 3.8) is 0 Å². The third kappa shape index (κ3) is 4.55. The number of amides is 1. The van der Waals surface area contributed by atoms with Crippen LogP contribution in [0.25, 0.3) is 22.9 Å². The van der Waals surface area contributed by atoms with E-state index in [0.717, 1.165) is 17.7 Å². The zero-order chi connectivity index (χ0) is 20.8. The van der Waals surface area contributed by atoms with Gasteiger partial charge in [-0.15, -0.1) is 10.2 Å². The number of nitrogens with zero attached hydrogens (tertiary/aromatic N) is 2. The molecule has 0 aliphatic rings. The van der Waals surface area contributed by atoms with Crippen LogP contribution in [0.1, 0.15) is 12.5 Å². The molecule has 4 rings (SSSR count). The van der Waals surface area contributed by atoms with Crippen molar-refractivity contribution in [1.29, 1.82) is 0 Å². The van der Waals surface area contributed by atoms with Crippen molar-refractivity contribution in [2.45, 2.75) is 13.3 Å². The Labute approximate surface area is 174 Å². The quantitative estimate of drug-likeness (QED) is 0.474. The van der Waals surface area contributed by atoms with Crippen LogP contribution in [0.4, 0.5) is 5.69 Å². The fourth-order valence-corrected chi connectivity index (χ4v) is 2.96. The van der Waals surface area contributed by atoms with E-state index < -0.39 is 0 Å². The Balaban J connectivity index is 1.44. The zero-order valence-corrected chi connectivity index (χ0v) is 16.5. The van der Waals surface area contributed by atoms with Gasteiger partial charge in [0.25, 0.3) is 11.8 Å². The first-order valence-corrected chi connectivity index (χ1v) is 9.73. The van der Waals surface area contributed by atoms with Gasteiger partial charge in [0.05, 0.1) is 5.56 Å². The van der Waals surface area contributed by atoms with Crippen LogP contribution in [0.5, 0.6) is 5.75 Å². The molecule has 0 aliphatic carbocycles. The van der Waals surface area contributed by atoms with Crippen molar-refractivity contribution in [2.24, 2.45) is 0 Å². The first-order chi connectivity index (χ1) is 14.7. The first kappa shape index (κ1) is 19.4. The van der Waals surface area contributed by atoms with Crippen molar-refractivity contribution in [2.75, 3.05) is 11.9 Å². The second-order valence-electron chi connectivity index (χ2n) is 6.66. The minimum absolute atomic E-state index is 0.133. The first-order valence-electron chi connectivity index (χ1n) is 9.73. The molecule has 30 heavy (non-hydrogen) atoms. The lowest BCUT2D eigenvalue weighted by molar-refractivity contribution is -0.118. The van der Waals surface area contributed by atoms with Gasteiger partial charge in [-0.2, -0.15) is 0 Å². The number of para-hydroxylation sites is 1. The van der Waals surface area contributed by atoms with Crippen molar-refractivity contribution >= 4 is 11.6 Å². The summed E-state index contributed by atoms with van der Waals surface area (Å²) in [6.07, 6.45) is 0.954. The summed E-state index contributed by atoms with van der Waals surface area (Å²) in [5.74, 6) is 1.01. The van der Waals surface area contributed by atoms with Crippen LogP contribution in [-0.2, 0) is 11.2 Å². The lowest BCUT2D eigenvalue weighted by Gasteiger charge is -2.10. The van der Waals surface area contributed by atoms with Gasteiger partial charge in [-0.25, -0.2) is 0 Å². The predicted molar refractivity (Wildman–Crippen MR) is 115 cm³/mol. The molecule has 0 radical (unpaired) electrons. The number of aromatic nitrogens is 2. The highest BCUT2D eigenvalue weighted by atomic mass is 16.5. The number of rotatable bonds is 7. The van der Waals surface area contributed by atoms with E-state index in [9.17, 15) is 4.79 Å². The number of hydrogen-bond acceptors (Lipinski definition) is 5. The summed E-state index contributed by atoms with van der Waals surface area (Å²) in [5, 5.41) is 11.1. The molecule has 4 aromatic rings. The summed E-state index contributed by atoms with van der Waals surface area (Å²) >= 11 is 0. The van der Waals surface area contributed by atoms with Crippen molar-refractivity contribution < 1.29 is 13.9 Å². The normalized spacial score (nSPS) is 10.6. The smallest absolute Gasteiger partial charge is 0.262 e. The van der Waals surface area contributed by atoms with Crippen molar-refractivity contribution in [3.8, 4) is 28.7 Å². The lowest BCUT2D eigenvalue weighted by atomic mass is 10.1. The summed E-state index contributed by atoms with van der Waals surface area (Å²) in [5.41, 5.74) is 3.42. The molecular formula is C24H21N3O3. The fraction of sp³-hybridized carbons (Fsp3) is 0.125. The molecule has 3 aromatic carbocycles. The van der Waals surface area contributed by atoms with Crippen LogP contribution in [0, 0.1) is 0 Å². The molecule has 1 amide bonds. The second-order valence-corrected chi connectivity index (χ2v) is 6.66. The fourth-order valence-electron chi connectivity index (χ4n) is 2.96. The number of carbonyl (C=O) groups excluding carboxylic acids is 1. The maximum absolute atomic E-state index is 12.3. The maximum Gasteiger partial charge on any atom is 0.262 e. The third-order valence-electron chi connectivity index (χ3n) is 4.57. The molecule has 150 valence electrons. The molecule has 0 atom stereocenters. The number of nitrogens with one attached hydrogen (secondary N) is 1. The van der Waals surface area contributed by atoms with E-state index in [1.807, 2.05) is 72.8 Å². The van der Waals surface area contributed by atoms with Gasteiger partial charge >= 0.3 is 0 Å². The van der Waals surface area contributed by atoms with E-state index in [1.165, 1.54) is 5.56 Å². The highest BCUT2D eigenvalue weighted by Gasteiger charge is 2.15. The molecule has 6 heteroatoms. The highest BCUT2D eigenvalue weighted by molar-refractivity contribution is 5.92. The van der Waals surface area contributed by atoms with Crippen molar-refractivity contribution in [3.05, 3.63) is 84.4 Å². The molecule has 0 aliphatic heterocycles. The van der Waals surface area contributed by atoms with Gasteiger partial charge in [-0.1, -0.05) is 49.4 Å². The topological polar surface area (TPSA) is 77.2 Å². The Morgan fingerprint density at radius 2 is 1.60 bits per heavy atom. The monoisotopic (exact) mass is 399 g/mol. The summed E-state index contributed by atoms with van der Waals surface area (Å²) < 4.78 is 11.6. The Bertz CT molecular complexity index is 1120. The minimum Gasteiger partial charge on any atom is -0.483 e. The lowest BCUT2D eigenvalue weighted by Crippen LogP contribution is -2.20. The largest absolute Gasteiger partial charge is 0.483 e. The van der Waals surface area contributed by atoms with Crippen LogP contribution in [0.15, 0.2) is 83.3 Å². The number of aryl methyl sites for hydroxylation is 1. The molecule has 1 aromatic heterocycles. The molecule has 0 saturated heterocycles. The predicted octanol–water partition coefficient (Wildman–Crippen LogP) is 4.98. The number of anilines is 1. The summed E-state index contributed by atoms with van der Waals surface area (Å²) in [4.78, 5) is 12.3. The average molecular weight is 399 g/mol. The van der Waals surface area contributed by atoms with E-state index in [1.54, 1.807) is 6.07 Å². The highest BCUT2D eigenvalue weighted by Crippen LogP contribution is 2.30. The number of hydrogen-bond donors (Lipinski definition) is 1. The zero-order valence-electron chi connectivity index (χ0n) is 16.5. The Hall–Kier alpha value is -3.93. The minimum atomic E-state index is -0.246. The Morgan fingerprint density at radius 1 is 0.900 bits per heavy atom. The summed E-state index contributed by atoms with van der Waals surface area (Å²) in [6, 6.07) is 24.6. The standard InChI is InChI=1S/C24H21N3O3/c1-2-17-12-14-19(15-13-17)25-22(28)16-29-21-11-7-6-10-20(21)24-27-26-23(30-24)18-8-4-3-5-9-18/h3-15H,2,16H2,1H3,(H,25,28). The van der Waals surface area contributed by atoms with E-state index in [0.29, 0.717) is 23.1 Å². The number of carbonyl (C=O) groups is 1. The Morgan fingerprint density at radius 3 is 2.37 bits per heavy atom. The van der Waals surface area contributed by atoms with Gasteiger partial charge in [0.1, 0.15) is 5.75 Å². The van der Waals surface area contributed by atoms with Gasteiger partial charge in [-0.3, -0.25) is 4.79 Å². The molecule has 1 heterocycles. The molecule has 6 nitrogen and oxygen atoms in total. The van der Waals surface area contributed by atoms with Crippen molar-refractivity contribution in [1.82, 2.24) is 10.2 Å². The maximum atomic E-state index is 12.3. The second kappa shape index (κ2) is 9.05. The molecule has 0 fully saturated rings. The average Bonchev–Trinajstić information content (AvgIpc) is 3.29. The summed E-state index contributed by atoms with van der Waals surface area (Å²) in [6.45, 7) is 1.96. The van der Waals surface area contributed by atoms with Crippen LogP contribution >= 0.6 is 0 Å². The Kier molecular flexibility index (Phi) is 5.85. The van der Waals surface area contributed by atoms with E-state index in [4.69, 9.17) is 9.15 Å². The van der Waals surface area contributed by atoms with Gasteiger partial charge < -0.3 is 14.5 Å². The SMILES string of the molecule is CCc1ccc(NC(=O)COc2ccccc2-c2nnc(-c3ccccc3)o2)cc1. The van der Waals surface area contributed by atoms with E-state index in [-0.39, 0.29) is 12.5 Å². The molecular weight excluding hydrogens is 378 g/mol. The third-order valence-corrected chi connectivity index (χ3v) is 4.57. The van der Waals surface area contributed by atoms with Crippen LogP contribution in [0.3, 0.4) is 0 Å².